The van der Waals surface area contributed by atoms with Gasteiger partial charge in [0.1, 0.15) is 5.75 Å². The smallest absolute Gasteiger partial charge is 0.233 e. The Hall–Kier alpha value is -1.20. The van der Waals surface area contributed by atoms with Crippen LogP contribution >= 0.6 is 11.8 Å². The van der Waals surface area contributed by atoms with Gasteiger partial charge in [-0.3, -0.25) is 4.79 Å². The van der Waals surface area contributed by atoms with Crippen molar-refractivity contribution in [3.05, 3.63) is 24.3 Å². The Morgan fingerprint density at radius 2 is 2.10 bits per heavy atom. The Morgan fingerprint density at radius 3 is 2.75 bits per heavy atom. The van der Waals surface area contributed by atoms with Gasteiger partial charge in [0.15, 0.2) is 0 Å². The topological polar surface area (TPSA) is 38.8 Å². The van der Waals surface area contributed by atoms with E-state index in [-0.39, 0.29) is 18.1 Å². The number of amides is 1. The van der Waals surface area contributed by atoms with Gasteiger partial charge in [0, 0.05) is 18.0 Å². The minimum Gasteiger partial charge on any atom is -0.497 e. The predicted molar refractivity (Wildman–Crippen MR) is 80.3 cm³/mol. The molecule has 1 heterocycles. The normalized spacial score (nSPS) is 22.6. The molecule has 2 rings (SSSR count). The van der Waals surface area contributed by atoms with Gasteiger partial charge in [0.25, 0.3) is 0 Å². The van der Waals surface area contributed by atoms with E-state index in [4.69, 9.17) is 9.47 Å². The third-order valence-corrected chi connectivity index (χ3v) is 4.15. The molecule has 2 atom stereocenters. The molecule has 110 valence electrons. The lowest BCUT2D eigenvalue weighted by molar-refractivity contribution is -0.140. The van der Waals surface area contributed by atoms with Crippen LogP contribution in [0.25, 0.3) is 0 Å². The highest BCUT2D eigenvalue weighted by molar-refractivity contribution is 8.00. The van der Waals surface area contributed by atoms with Gasteiger partial charge in [-0.15, -0.1) is 11.8 Å². The Labute approximate surface area is 124 Å². The predicted octanol–water partition coefficient (Wildman–Crippen LogP) is 2.42. The van der Waals surface area contributed by atoms with Crippen molar-refractivity contribution >= 4 is 17.7 Å². The van der Waals surface area contributed by atoms with E-state index in [1.54, 1.807) is 18.9 Å². The van der Waals surface area contributed by atoms with E-state index in [1.807, 2.05) is 43.0 Å². The average Bonchev–Trinajstić information content (AvgIpc) is 2.44. The second-order valence-electron chi connectivity index (χ2n) is 5.02. The molecule has 0 N–H and O–H groups in total. The SMILES string of the molecule is COc1cccc(SCC(=O)N2C[C@@H](C)O[C@H](C)C2)c1. The number of hydrogen-bond acceptors (Lipinski definition) is 4. The third kappa shape index (κ3) is 4.15. The zero-order valence-corrected chi connectivity index (χ0v) is 13.0. The Kier molecular flexibility index (Phi) is 5.31. The maximum absolute atomic E-state index is 12.2. The van der Waals surface area contributed by atoms with Gasteiger partial charge in [-0.1, -0.05) is 6.07 Å². The first-order valence-electron chi connectivity index (χ1n) is 6.78. The van der Waals surface area contributed by atoms with Crippen LogP contribution < -0.4 is 4.74 Å². The number of hydrogen-bond donors (Lipinski definition) is 0. The Balaban J connectivity index is 1.88. The summed E-state index contributed by atoms with van der Waals surface area (Å²) in [5.74, 6) is 1.43. The number of methoxy groups -OCH3 is 1. The molecule has 0 aromatic heterocycles. The van der Waals surface area contributed by atoms with Crippen molar-refractivity contribution in [2.24, 2.45) is 0 Å². The van der Waals surface area contributed by atoms with Crippen LogP contribution in [0, 0.1) is 0 Å². The molecule has 1 aromatic rings. The van der Waals surface area contributed by atoms with Crippen molar-refractivity contribution in [3.8, 4) is 5.75 Å². The molecule has 1 aromatic carbocycles. The average molecular weight is 295 g/mol. The lowest BCUT2D eigenvalue weighted by atomic mass is 10.2. The van der Waals surface area contributed by atoms with Gasteiger partial charge in [-0.2, -0.15) is 0 Å². The maximum Gasteiger partial charge on any atom is 0.233 e. The summed E-state index contributed by atoms with van der Waals surface area (Å²) in [4.78, 5) is 15.2. The zero-order valence-electron chi connectivity index (χ0n) is 12.2. The summed E-state index contributed by atoms with van der Waals surface area (Å²) in [6.07, 6.45) is 0.231. The molecule has 1 saturated heterocycles. The molecule has 0 unspecified atom stereocenters. The molecular formula is C15H21NO3S. The van der Waals surface area contributed by atoms with Crippen molar-refractivity contribution in [1.29, 1.82) is 0 Å². The van der Waals surface area contributed by atoms with Crippen molar-refractivity contribution < 1.29 is 14.3 Å². The zero-order chi connectivity index (χ0) is 14.5. The second kappa shape index (κ2) is 6.99. The van der Waals surface area contributed by atoms with Gasteiger partial charge in [0.05, 0.1) is 25.1 Å². The van der Waals surface area contributed by atoms with E-state index in [0.29, 0.717) is 18.8 Å². The lowest BCUT2D eigenvalue weighted by Gasteiger charge is -2.35. The first kappa shape index (κ1) is 15.2. The van der Waals surface area contributed by atoms with Crippen molar-refractivity contribution in [2.45, 2.75) is 31.0 Å². The molecule has 0 radical (unpaired) electrons. The first-order valence-corrected chi connectivity index (χ1v) is 7.77. The van der Waals surface area contributed by atoms with E-state index in [0.717, 1.165) is 10.6 Å². The number of morpholine rings is 1. The largest absolute Gasteiger partial charge is 0.497 e. The van der Waals surface area contributed by atoms with Gasteiger partial charge < -0.3 is 14.4 Å². The number of nitrogens with zero attached hydrogens (tertiary/aromatic N) is 1. The summed E-state index contributed by atoms with van der Waals surface area (Å²) in [6.45, 7) is 5.37. The molecule has 5 heteroatoms. The molecule has 1 aliphatic rings. The van der Waals surface area contributed by atoms with E-state index in [2.05, 4.69) is 0 Å². The molecule has 1 aliphatic heterocycles. The molecule has 1 fully saturated rings. The summed E-state index contributed by atoms with van der Waals surface area (Å²) < 4.78 is 10.8. The van der Waals surface area contributed by atoms with Gasteiger partial charge >= 0.3 is 0 Å². The van der Waals surface area contributed by atoms with Crippen LogP contribution in [0.3, 0.4) is 0 Å². The van der Waals surface area contributed by atoms with Gasteiger partial charge in [0.2, 0.25) is 5.91 Å². The second-order valence-corrected chi connectivity index (χ2v) is 6.07. The number of benzene rings is 1. The van der Waals surface area contributed by atoms with E-state index in [1.165, 1.54) is 0 Å². The quantitative estimate of drug-likeness (QED) is 0.800. The molecular weight excluding hydrogens is 274 g/mol. The number of carbonyl (C=O) groups is 1. The van der Waals surface area contributed by atoms with Crippen LogP contribution in [-0.4, -0.2) is 49.0 Å². The molecule has 0 aliphatic carbocycles. The number of ether oxygens (including phenoxy) is 2. The minimum absolute atomic E-state index is 0.115. The number of thioether (sulfide) groups is 1. The minimum atomic E-state index is 0.115. The monoisotopic (exact) mass is 295 g/mol. The summed E-state index contributed by atoms with van der Waals surface area (Å²) in [5.41, 5.74) is 0. The fraction of sp³-hybridized carbons (Fsp3) is 0.533. The van der Waals surface area contributed by atoms with E-state index in [9.17, 15) is 4.79 Å². The number of rotatable bonds is 4. The van der Waals surface area contributed by atoms with E-state index >= 15 is 0 Å². The summed E-state index contributed by atoms with van der Waals surface area (Å²) in [5, 5.41) is 0. The fourth-order valence-electron chi connectivity index (χ4n) is 2.31. The number of carbonyl (C=O) groups excluding carboxylic acids is 1. The van der Waals surface area contributed by atoms with E-state index < -0.39 is 0 Å². The van der Waals surface area contributed by atoms with Crippen LogP contribution in [0.1, 0.15) is 13.8 Å². The third-order valence-electron chi connectivity index (χ3n) is 3.18. The van der Waals surface area contributed by atoms with Crippen molar-refractivity contribution in [2.75, 3.05) is 26.0 Å². The summed E-state index contributed by atoms with van der Waals surface area (Å²) >= 11 is 1.54. The maximum atomic E-state index is 12.2. The Bertz CT molecular complexity index is 456. The highest BCUT2D eigenvalue weighted by Gasteiger charge is 2.25. The van der Waals surface area contributed by atoms with Crippen LogP contribution in [0.4, 0.5) is 0 Å². The highest BCUT2D eigenvalue weighted by Crippen LogP contribution is 2.23. The van der Waals surface area contributed by atoms with Crippen LogP contribution in [0.5, 0.6) is 5.75 Å². The molecule has 20 heavy (non-hydrogen) atoms. The molecule has 0 saturated carbocycles. The van der Waals surface area contributed by atoms with Crippen LogP contribution in [0.2, 0.25) is 0 Å². The lowest BCUT2D eigenvalue weighted by Crippen LogP contribution is -2.48. The van der Waals surface area contributed by atoms with Gasteiger partial charge in [-0.05, 0) is 32.0 Å². The summed E-state index contributed by atoms with van der Waals surface area (Å²) in [6, 6.07) is 7.77. The Morgan fingerprint density at radius 1 is 1.40 bits per heavy atom. The first-order chi connectivity index (χ1) is 9.58. The van der Waals surface area contributed by atoms with Crippen LogP contribution in [-0.2, 0) is 9.53 Å². The molecule has 0 bridgehead atoms. The molecule has 0 spiro atoms. The fourth-order valence-corrected chi connectivity index (χ4v) is 3.16. The van der Waals surface area contributed by atoms with Gasteiger partial charge in [-0.25, -0.2) is 0 Å². The molecule has 1 amide bonds. The van der Waals surface area contributed by atoms with Crippen molar-refractivity contribution in [1.82, 2.24) is 4.90 Å². The highest BCUT2D eigenvalue weighted by atomic mass is 32.2. The van der Waals surface area contributed by atoms with Crippen LogP contribution in [0.15, 0.2) is 29.2 Å². The summed E-state index contributed by atoms with van der Waals surface area (Å²) in [7, 11) is 1.64. The van der Waals surface area contributed by atoms with Crippen molar-refractivity contribution in [3.63, 3.8) is 0 Å². The standard InChI is InChI=1S/C15H21NO3S/c1-11-8-16(9-12(2)19-11)15(17)10-20-14-6-4-5-13(7-14)18-3/h4-7,11-12H,8-10H2,1-3H3/t11-,12-/m1/s1. The molecule has 4 nitrogen and oxygen atoms in total.